The fourth-order valence-corrected chi connectivity index (χ4v) is 5.93. The molecule has 0 saturated heterocycles. The lowest BCUT2D eigenvalue weighted by atomic mass is 10.1. The SMILES string of the molecule is Cc1cc(Oc2ccccc2F)ncc1-n1ncc(C(=O)c2cc3cc(OCC(F)F)c(NS(=O)(=O)c4cc(F)cc(F)c4)cc3[nH]2)c1N. The molecule has 4 N–H and O–H groups in total. The number of pyridine rings is 1. The molecule has 49 heavy (non-hydrogen) atoms. The number of anilines is 2. The summed E-state index contributed by atoms with van der Waals surface area (Å²) in [6, 6.07) is 12.7. The smallest absolute Gasteiger partial charge is 0.272 e. The first-order valence-corrected chi connectivity index (χ1v) is 15.6. The van der Waals surface area contributed by atoms with Crippen LogP contribution in [0, 0.1) is 24.4 Å². The molecular formula is C32H23F5N6O5S. The number of carbonyl (C=O) groups excluding carboxylic acids is 1. The third-order valence-electron chi connectivity index (χ3n) is 7.11. The summed E-state index contributed by atoms with van der Waals surface area (Å²) in [5, 5.41) is 4.49. The number of rotatable bonds is 11. The molecule has 0 unspecified atom stereocenters. The van der Waals surface area contributed by atoms with Crippen LogP contribution in [0.25, 0.3) is 16.6 Å². The normalized spacial score (nSPS) is 11.7. The predicted octanol–water partition coefficient (Wildman–Crippen LogP) is 6.52. The highest BCUT2D eigenvalue weighted by Gasteiger charge is 2.24. The number of benzene rings is 3. The quantitative estimate of drug-likeness (QED) is 0.102. The summed E-state index contributed by atoms with van der Waals surface area (Å²) in [4.78, 5) is 19.8. The number of hydrogen-bond donors (Lipinski definition) is 3. The van der Waals surface area contributed by atoms with Crippen LogP contribution in [0.4, 0.5) is 33.5 Å². The van der Waals surface area contributed by atoms with Crippen LogP contribution in [0.15, 0.2) is 84.0 Å². The Bertz CT molecular complexity index is 2320. The molecule has 0 amide bonds. The third-order valence-corrected chi connectivity index (χ3v) is 8.45. The van der Waals surface area contributed by atoms with Crippen LogP contribution in [0.2, 0.25) is 0 Å². The van der Waals surface area contributed by atoms with Gasteiger partial charge >= 0.3 is 0 Å². The van der Waals surface area contributed by atoms with E-state index in [1.807, 2.05) is 0 Å². The molecule has 0 fully saturated rings. The van der Waals surface area contributed by atoms with Gasteiger partial charge in [0.25, 0.3) is 16.4 Å². The summed E-state index contributed by atoms with van der Waals surface area (Å²) in [5.41, 5.74) is 7.05. The van der Waals surface area contributed by atoms with Gasteiger partial charge in [0.1, 0.15) is 29.8 Å². The average molecular weight is 699 g/mol. The van der Waals surface area contributed by atoms with Crippen molar-refractivity contribution < 1.29 is 44.6 Å². The lowest BCUT2D eigenvalue weighted by molar-refractivity contribution is 0.0823. The summed E-state index contributed by atoms with van der Waals surface area (Å²) in [7, 11) is -4.63. The summed E-state index contributed by atoms with van der Waals surface area (Å²) in [5.74, 6) is -3.83. The molecule has 0 atom stereocenters. The molecule has 6 aromatic rings. The van der Waals surface area contributed by atoms with E-state index < -0.39 is 51.2 Å². The number of hydrogen-bond acceptors (Lipinski definition) is 8. The van der Waals surface area contributed by atoms with E-state index in [0.717, 1.165) is 0 Å². The van der Waals surface area contributed by atoms with Crippen LogP contribution in [-0.2, 0) is 10.0 Å². The van der Waals surface area contributed by atoms with E-state index in [1.54, 1.807) is 13.0 Å². The van der Waals surface area contributed by atoms with Crippen molar-refractivity contribution in [2.75, 3.05) is 17.1 Å². The van der Waals surface area contributed by atoms with E-state index in [2.05, 4.69) is 19.8 Å². The fraction of sp³-hybridized carbons (Fsp3) is 0.0938. The first-order valence-electron chi connectivity index (χ1n) is 14.1. The number of nitrogens with one attached hydrogen (secondary N) is 2. The Morgan fingerprint density at radius 2 is 1.73 bits per heavy atom. The van der Waals surface area contributed by atoms with Gasteiger partial charge in [-0.2, -0.15) is 5.10 Å². The zero-order chi connectivity index (χ0) is 35.0. The first kappa shape index (κ1) is 33.0. The number of H-pyrrole nitrogens is 1. The molecule has 3 aromatic carbocycles. The van der Waals surface area contributed by atoms with Gasteiger partial charge in [-0.15, -0.1) is 0 Å². The highest BCUT2D eigenvalue weighted by atomic mass is 32.2. The van der Waals surface area contributed by atoms with Gasteiger partial charge < -0.3 is 20.2 Å². The van der Waals surface area contributed by atoms with Crippen molar-refractivity contribution >= 4 is 38.2 Å². The van der Waals surface area contributed by atoms with Crippen molar-refractivity contribution in [2.45, 2.75) is 18.2 Å². The number of fused-ring (bicyclic) bond motifs is 1. The lowest BCUT2D eigenvalue weighted by Gasteiger charge is -2.14. The second kappa shape index (κ2) is 12.9. The number of halogens is 5. The molecule has 0 aliphatic heterocycles. The van der Waals surface area contributed by atoms with Crippen molar-refractivity contribution in [1.29, 1.82) is 0 Å². The topological polar surface area (TPSA) is 154 Å². The molecule has 252 valence electrons. The molecule has 11 nitrogen and oxygen atoms in total. The molecule has 0 bridgehead atoms. The van der Waals surface area contributed by atoms with E-state index in [0.29, 0.717) is 29.4 Å². The first-order chi connectivity index (χ1) is 23.3. The van der Waals surface area contributed by atoms with Gasteiger partial charge in [-0.05, 0) is 55.0 Å². The molecule has 0 radical (unpaired) electrons. The maximum Gasteiger partial charge on any atom is 0.272 e. The number of para-hydroxylation sites is 1. The molecule has 6 rings (SSSR count). The number of sulfonamides is 1. The molecule has 3 heterocycles. The Labute approximate surface area is 274 Å². The van der Waals surface area contributed by atoms with Crippen molar-refractivity contribution in [1.82, 2.24) is 19.7 Å². The largest absolute Gasteiger partial charge is 0.485 e. The Morgan fingerprint density at radius 3 is 2.43 bits per heavy atom. The van der Waals surface area contributed by atoms with E-state index in [-0.39, 0.29) is 51.0 Å². The molecule has 17 heteroatoms. The van der Waals surface area contributed by atoms with E-state index >= 15 is 0 Å². The maximum atomic E-state index is 14.0. The zero-order valence-corrected chi connectivity index (χ0v) is 25.9. The number of ketones is 1. The van der Waals surface area contributed by atoms with Gasteiger partial charge in [-0.3, -0.25) is 9.52 Å². The monoisotopic (exact) mass is 698 g/mol. The Balaban J connectivity index is 1.30. The van der Waals surface area contributed by atoms with Crippen molar-refractivity contribution in [3.63, 3.8) is 0 Å². The Kier molecular flexibility index (Phi) is 8.68. The van der Waals surface area contributed by atoms with Gasteiger partial charge in [-0.1, -0.05) is 12.1 Å². The second-order valence-electron chi connectivity index (χ2n) is 10.6. The fourth-order valence-electron chi connectivity index (χ4n) is 4.83. The van der Waals surface area contributed by atoms with Crippen molar-refractivity contribution in [2.24, 2.45) is 0 Å². The number of alkyl halides is 2. The summed E-state index contributed by atoms with van der Waals surface area (Å²) in [6.07, 6.45) is -0.315. The summed E-state index contributed by atoms with van der Waals surface area (Å²) < 4.78 is 108. The number of aromatic nitrogens is 4. The maximum absolute atomic E-state index is 14.0. The minimum Gasteiger partial charge on any atom is -0.485 e. The molecule has 0 saturated carbocycles. The van der Waals surface area contributed by atoms with Crippen LogP contribution in [0.5, 0.6) is 17.4 Å². The molecule has 3 aromatic heterocycles. The number of aromatic amines is 1. The standard InChI is InChI=1S/C32H23F5N6O5S/c1-16-6-30(48-27-5-3-2-4-22(27)35)39-14-26(16)43-32(38)21(13-40-43)31(44)25-7-17-8-28(47-15-29(36)37)24(12-23(17)41-25)42-49(45,46)20-10-18(33)9-19(34)11-20/h2-14,29,41-42H,15,38H2,1H3. The number of nitrogens with zero attached hydrogens (tertiary/aromatic N) is 3. The highest BCUT2D eigenvalue weighted by molar-refractivity contribution is 7.92. The van der Waals surface area contributed by atoms with Crippen LogP contribution in [-0.4, -0.2) is 47.0 Å². The average Bonchev–Trinajstić information content (AvgIpc) is 3.63. The number of nitrogen functional groups attached to an aromatic ring is 1. The molecule has 0 aliphatic rings. The molecular weight excluding hydrogens is 675 g/mol. The lowest BCUT2D eigenvalue weighted by Crippen LogP contribution is -2.15. The van der Waals surface area contributed by atoms with Gasteiger partial charge in [0.05, 0.1) is 39.9 Å². The summed E-state index contributed by atoms with van der Waals surface area (Å²) >= 11 is 0. The number of aryl methyl sites for hydroxylation is 1. The minimum atomic E-state index is -4.63. The van der Waals surface area contributed by atoms with Gasteiger partial charge in [-0.25, -0.2) is 40.0 Å². The number of ether oxygens (including phenoxy) is 2. The molecule has 0 spiro atoms. The van der Waals surface area contributed by atoms with Gasteiger partial charge in [0.2, 0.25) is 11.7 Å². The Morgan fingerprint density at radius 1 is 1.00 bits per heavy atom. The predicted molar refractivity (Wildman–Crippen MR) is 167 cm³/mol. The van der Waals surface area contributed by atoms with Crippen LogP contribution in [0.1, 0.15) is 21.6 Å². The van der Waals surface area contributed by atoms with Crippen LogP contribution >= 0.6 is 0 Å². The van der Waals surface area contributed by atoms with Gasteiger partial charge in [0.15, 0.2) is 11.6 Å². The number of carbonyl (C=O) groups is 1. The zero-order valence-electron chi connectivity index (χ0n) is 25.0. The number of nitrogens with two attached hydrogens (primary N) is 1. The minimum absolute atomic E-state index is 0.0221. The second-order valence-corrected chi connectivity index (χ2v) is 12.2. The highest BCUT2D eigenvalue weighted by Crippen LogP contribution is 2.34. The summed E-state index contributed by atoms with van der Waals surface area (Å²) in [6.45, 7) is 0.598. The van der Waals surface area contributed by atoms with Crippen LogP contribution < -0.4 is 19.9 Å². The molecule has 0 aliphatic carbocycles. The van der Waals surface area contributed by atoms with Gasteiger partial charge in [0, 0.05) is 23.0 Å². The Hall–Kier alpha value is -5.97. The van der Waals surface area contributed by atoms with E-state index in [1.165, 1.54) is 59.5 Å². The van der Waals surface area contributed by atoms with E-state index in [9.17, 15) is 35.2 Å². The van der Waals surface area contributed by atoms with Crippen molar-refractivity contribution in [3.05, 3.63) is 113 Å². The third kappa shape index (κ3) is 6.87. The van der Waals surface area contributed by atoms with Crippen LogP contribution in [0.3, 0.4) is 0 Å². The van der Waals surface area contributed by atoms with Crippen molar-refractivity contribution in [3.8, 4) is 23.1 Å². The van der Waals surface area contributed by atoms with E-state index in [4.69, 9.17) is 15.2 Å².